The number of ether oxygens (including phenoxy) is 1. The summed E-state index contributed by atoms with van der Waals surface area (Å²) < 4.78 is 33.2. The summed E-state index contributed by atoms with van der Waals surface area (Å²) in [6, 6.07) is 14.1. The Morgan fingerprint density at radius 3 is 2.36 bits per heavy atom. The van der Waals surface area contributed by atoms with Gasteiger partial charge >= 0.3 is 0 Å². The molecule has 0 bridgehead atoms. The Kier molecular flexibility index (Phi) is 11.0. The van der Waals surface area contributed by atoms with Crippen LogP contribution in [-0.4, -0.2) is 79.1 Å². The lowest BCUT2D eigenvalue weighted by Crippen LogP contribution is -2.49. The molecule has 6 rings (SSSR count). The molecule has 2 saturated heterocycles. The van der Waals surface area contributed by atoms with E-state index in [1.807, 2.05) is 24.3 Å². The Hall–Kier alpha value is -5.06. The van der Waals surface area contributed by atoms with E-state index in [1.54, 1.807) is 24.4 Å². The van der Waals surface area contributed by atoms with Crippen LogP contribution >= 0.6 is 0 Å². The molecule has 2 aliphatic rings. The van der Waals surface area contributed by atoms with Crippen LogP contribution in [0.1, 0.15) is 25.3 Å². The van der Waals surface area contributed by atoms with E-state index in [0.717, 1.165) is 22.2 Å². The molecule has 2 aromatic heterocycles. The van der Waals surface area contributed by atoms with Gasteiger partial charge in [0.2, 0.25) is 5.88 Å². The number of anilines is 1. The first-order chi connectivity index (χ1) is 21.7. The van der Waals surface area contributed by atoms with E-state index in [-0.39, 0.29) is 5.56 Å². The number of fused-ring (bicyclic) bond motifs is 2. The Balaban J connectivity index is 0.000000446. The number of pyridine rings is 2. The van der Waals surface area contributed by atoms with Crippen molar-refractivity contribution >= 4 is 33.4 Å². The van der Waals surface area contributed by atoms with Crippen molar-refractivity contribution in [3.05, 3.63) is 72.4 Å². The number of rotatable bonds is 4. The zero-order valence-electron chi connectivity index (χ0n) is 25.8. The Labute approximate surface area is 262 Å². The molecule has 4 aromatic rings. The van der Waals surface area contributed by atoms with Gasteiger partial charge in [0.1, 0.15) is 11.3 Å². The van der Waals surface area contributed by atoms with Gasteiger partial charge in [-0.15, -0.1) is 6.42 Å². The molecular formula is C35H36F2N6O2. The zero-order valence-corrected chi connectivity index (χ0v) is 25.8. The van der Waals surface area contributed by atoms with Crippen molar-refractivity contribution in [1.29, 1.82) is 5.26 Å². The average Bonchev–Trinajstić information content (AvgIpc) is 3.54. The number of aromatic nitrogens is 2. The summed E-state index contributed by atoms with van der Waals surface area (Å²) in [5.41, 5.74) is 3.72. The lowest BCUT2D eigenvalue weighted by molar-refractivity contribution is -0.128. The second kappa shape index (κ2) is 15.1. The second-order valence-electron chi connectivity index (χ2n) is 10.7. The SMILES string of the molecule is C#Cc1c(F)ccc2cccc(-c3cnc4c(N5CCN(C(=O)C(=C)F)CC5)cc(OC)nc4c3)c12.CC#N.CN1CCCC1. The number of hydrogen-bond acceptors (Lipinski definition) is 7. The molecule has 2 fully saturated rings. The van der Waals surface area contributed by atoms with E-state index in [4.69, 9.17) is 21.4 Å². The number of amides is 1. The molecule has 0 unspecified atom stereocenters. The summed E-state index contributed by atoms with van der Waals surface area (Å²) in [6.45, 7) is 8.84. The highest BCUT2D eigenvalue weighted by atomic mass is 19.1. The number of carbonyl (C=O) groups is 1. The predicted molar refractivity (Wildman–Crippen MR) is 174 cm³/mol. The molecule has 0 N–H and O–H groups in total. The molecule has 10 heteroatoms. The molecule has 0 saturated carbocycles. The first-order valence-electron chi connectivity index (χ1n) is 14.6. The number of piperazine rings is 1. The minimum absolute atomic E-state index is 0.200. The number of likely N-dealkylation sites (tertiary alicyclic amines) is 1. The number of carbonyl (C=O) groups excluding carboxylic acids is 1. The van der Waals surface area contributed by atoms with Gasteiger partial charge in [0.15, 0.2) is 5.83 Å². The normalized spacial score (nSPS) is 14.5. The van der Waals surface area contributed by atoms with Gasteiger partial charge in [-0.3, -0.25) is 9.78 Å². The van der Waals surface area contributed by atoms with Crippen LogP contribution in [0, 0.1) is 29.5 Å². The van der Waals surface area contributed by atoms with Gasteiger partial charge in [0.25, 0.3) is 5.91 Å². The summed E-state index contributed by atoms with van der Waals surface area (Å²) in [7, 11) is 3.71. The van der Waals surface area contributed by atoms with Gasteiger partial charge in [-0.2, -0.15) is 5.26 Å². The Morgan fingerprint density at radius 2 is 1.78 bits per heavy atom. The average molecular weight is 611 g/mol. The maximum Gasteiger partial charge on any atom is 0.282 e. The van der Waals surface area contributed by atoms with E-state index >= 15 is 0 Å². The predicted octanol–water partition coefficient (Wildman–Crippen LogP) is 5.95. The van der Waals surface area contributed by atoms with Crippen molar-refractivity contribution in [2.45, 2.75) is 19.8 Å². The van der Waals surface area contributed by atoms with Crippen LogP contribution in [0.5, 0.6) is 5.88 Å². The van der Waals surface area contributed by atoms with E-state index in [0.29, 0.717) is 48.5 Å². The topological polar surface area (TPSA) is 85.6 Å². The molecule has 8 nitrogen and oxygen atoms in total. The number of hydrogen-bond donors (Lipinski definition) is 0. The number of terminal acetylenes is 1. The molecule has 4 heterocycles. The largest absolute Gasteiger partial charge is 0.481 e. The van der Waals surface area contributed by atoms with Crippen molar-refractivity contribution in [1.82, 2.24) is 19.8 Å². The van der Waals surface area contributed by atoms with Gasteiger partial charge in [0, 0.05) is 56.3 Å². The van der Waals surface area contributed by atoms with Gasteiger partial charge in [-0.05, 0) is 56.1 Å². The fourth-order valence-electron chi connectivity index (χ4n) is 5.50. The van der Waals surface area contributed by atoms with Crippen LogP contribution < -0.4 is 9.64 Å². The molecule has 1 amide bonds. The second-order valence-corrected chi connectivity index (χ2v) is 10.7. The first-order valence-corrected chi connectivity index (χ1v) is 14.6. The summed E-state index contributed by atoms with van der Waals surface area (Å²) >= 11 is 0. The lowest BCUT2D eigenvalue weighted by atomic mass is 9.95. The maximum atomic E-state index is 14.5. The fraction of sp³-hybridized carbons (Fsp3) is 0.314. The smallest absolute Gasteiger partial charge is 0.282 e. The quantitative estimate of drug-likeness (QED) is 0.209. The molecule has 0 radical (unpaired) electrons. The number of nitrogens with zero attached hydrogens (tertiary/aromatic N) is 6. The molecule has 2 aromatic carbocycles. The van der Waals surface area contributed by atoms with Crippen LogP contribution in [0.3, 0.4) is 0 Å². The summed E-state index contributed by atoms with van der Waals surface area (Å²) in [4.78, 5) is 27.1. The van der Waals surface area contributed by atoms with Crippen LogP contribution in [-0.2, 0) is 4.79 Å². The van der Waals surface area contributed by atoms with Crippen LogP contribution in [0.2, 0.25) is 0 Å². The molecule has 0 spiro atoms. The van der Waals surface area contributed by atoms with Crippen molar-refractivity contribution in [3.63, 3.8) is 0 Å². The Morgan fingerprint density at radius 1 is 1.09 bits per heavy atom. The fourth-order valence-corrected chi connectivity index (χ4v) is 5.50. The van der Waals surface area contributed by atoms with Crippen LogP contribution in [0.15, 0.2) is 61.1 Å². The molecule has 0 atom stereocenters. The standard InChI is InChI=1S/C28H22F2N4O2.C5H11N.C2H3N/c1-4-20-22(30)9-8-18-6-5-7-21(26(18)20)19-14-23-27(31-16-19)24(15-25(32-23)36-3)33-10-12-34(13-11-33)28(35)17(2)29;1-6-4-2-3-5-6;1-2-3/h1,5-9,14-16H,2,10-13H2,3H3;2-5H2,1H3;1H3. The third kappa shape index (κ3) is 7.54. The van der Waals surface area contributed by atoms with Gasteiger partial charge in [-0.25, -0.2) is 13.8 Å². The van der Waals surface area contributed by atoms with Crippen molar-refractivity contribution in [2.75, 3.05) is 58.3 Å². The van der Waals surface area contributed by atoms with Gasteiger partial charge < -0.3 is 19.4 Å². The number of halogens is 2. The van der Waals surface area contributed by atoms with Gasteiger partial charge in [-0.1, -0.05) is 36.8 Å². The zero-order chi connectivity index (χ0) is 32.5. The lowest BCUT2D eigenvalue weighted by Gasteiger charge is -2.36. The minimum atomic E-state index is -0.963. The molecule has 45 heavy (non-hydrogen) atoms. The molecule has 2 aliphatic heterocycles. The summed E-state index contributed by atoms with van der Waals surface area (Å²) in [6.07, 6.45) is 10.2. The highest BCUT2D eigenvalue weighted by molar-refractivity contribution is 6.02. The number of nitriles is 1. The van der Waals surface area contributed by atoms with Crippen LogP contribution in [0.25, 0.3) is 32.9 Å². The van der Waals surface area contributed by atoms with E-state index in [1.165, 1.54) is 50.9 Å². The monoisotopic (exact) mass is 610 g/mol. The molecule has 0 aliphatic carbocycles. The summed E-state index contributed by atoms with van der Waals surface area (Å²) in [5, 5.41) is 8.78. The third-order valence-corrected chi connectivity index (χ3v) is 7.73. The number of benzene rings is 2. The molecular weight excluding hydrogens is 574 g/mol. The number of methoxy groups -OCH3 is 1. The highest BCUT2D eigenvalue weighted by Gasteiger charge is 2.25. The van der Waals surface area contributed by atoms with E-state index in [2.05, 4.69) is 34.3 Å². The summed E-state index contributed by atoms with van der Waals surface area (Å²) in [5.74, 6) is 0.776. The van der Waals surface area contributed by atoms with Gasteiger partial charge in [0.05, 0.1) is 29.9 Å². The Bertz CT molecular complexity index is 1780. The van der Waals surface area contributed by atoms with E-state index < -0.39 is 17.6 Å². The third-order valence-electron chi connectivity index (χ3n) is 7.73. The first kappa shape index (κ1) is 32.8. The minimum Gasteiger partial charge on any atom is -0.481 e. The van der Waals surface area contributed by atoms with Crippen LogP contribution in [0.4, 0.5) is 14.5 Å². The molecule has 232 valence electrons. The highest BCUT2D eigenvalue weighted by Crippen LogP contribution is 2.35. The van der Waals surface area contributed by atoms with Crippen molar-refractivity contribution in [2.24, 2.45) is 0 Å². The van der Waals surface area contributed by atoms with E-state index in [9.17, 15) is 13.6 Å². The maximum absolute atomic E-state index is 14.5. The van der Waals surface area contributed by atoms with Crippen molar-refractivity contribution < 1.29 is 18.3 Å². The van der Waals surface area contributed by atoms with Crippen molar-refractivity contribution in [3.8, 4) is 35.4 Å².